The molecule has 0 aromatic heterocycles. The SMILES string of the molecule is C=CN(Cc1ccc(OC)c(CCCCCC)c1)C1CC1. The van der Waals surface area contributed by atoms with Crippen LogP contribution in [0.2, 0.25) is 0 Å². The summed E-state index contributed by atoms with van der Waals surface area (Å²) < 4.78 is 5.51. The molecule has 0 heterocycles. The van der Waals surface area contributed by atoms with Gasteiger partial charge in [0.25, 0.3) is 0 Å². The molecule has 0 atom stereocenters. The molecule has 0 aliphatic heterocycles. The van der Waals surface area contributed by atoms with Gasteiger partial charge in [0.15, 0.2) is 0 Å². The third kappa shape index (κ3) is 4.80. The molecule has 1 aromatic rings. The highest BCUT2D eigenvalue weighted by molar-refractivity contribution is 5.37. The van der Waals surface area contributed by atoms with E-state index in [9.17, 15) is 0 Å². The summed E-state index contributed by atoms with van der Waals surface area (Å²) >= 11 is 0. The lowest BCUT2D eigenvalue weighted by Gasteiger charge is -2.20. The van der Waals surface area contributed by atoms with Gasteiger partial charge in [0.05, 0.1) is 7.11 Å². The van der Waals surface area contributed by atoms with Crippen LogP contribution in [0.15, 0.2) is 31.0 Å². The monoisotopic (exact) mass is 287 g/mol. The summed E-state index contributed by atoms with van der Waals surface area (Å²) in [7, 11) is 1.77. The van der Waals surface area contributed by atoms with Crippen LogP contribution in [-0.2, 0) is 13.0 Å². The number of methoxy groups -OCH3 is 1. The number of ether oxygens (including phenoxy) is 1. The van der Waals surface area contributed by atoms with E-state index >= 15 is 0 Å². The molecule has 0 amide bonds. The maximum atomic E-state index is 5.51. The highest BCUT2D eigenvalue weighted by atomic mass is 16.5. The van der Waals surface area contributed by atoms with Gasteiger partial charge in [-0.1, -0.05) is 44.9 Å². The summed E-state index contributed by atoms with van der Waals surface area (Å²) in [5, 5.41) is 0. The Bertz CT molecular complexity index is 451. The Morgan fingerprint density at radius 3 is 2.71 bits per heavy atom. The smallest absolute Gasteiger partial charge is 0.122 e. The second kappa shape index (κ2) is 8.11. The third-order valence-electron chi connectivity index (χ3n) is 4.26. The van der Waals surface area contributed by atoms with E-state index in [-0.39, 0.29) is 0 Å². The van der Waals surface area contributed by atoms with Crippen LogP contribution in [0, 0.1) is 0 Å². The lowest BCUT2D eigenvalue weighted by atomic mass is 10.0. The Hall–Kier alpha value is -1.44. The normalized spacial score (nSPS) is 14.0. The van der Waals surface area contributed by atoms with E-state index < -0.39 is 0 Å². The van der Waals surface area contributed by atoms with Gasteiger partial charge in [0.2, 0.25) is 0 Å². The first-order valence-corrected chi connectivity index (χ1v) is 8.32. The minimum Gasteiger partial charge on any atom is -0.496 e. The fraction of sp³-hybridized carbons (Fsp3) is 0.579. The average Bonchev–Trinajstić information content (AvgIpc) is 3.34. The molecular formula is C19H29NO. The van der Waals surface area contributed by atoms with Crippen LogP contribution in [0.3, 0.4) is 0 Å². The van der Waals surface area contributed by atoms with Crippen molar-refractivity contribution in [1.82, 2.24) is 4.90 Å². The zero-order chi connectivity index (χ0) is 15.1. The van der Waals surface area contributed by atoms with Gasteiger partial charge in [-0.2, -0.15) is 0 Å². The molecule has 0 spiro atoms. The summed E-state index contributed by atoms with van der Waals surface area (Å²) in [6.07, 6.45) is 10.9. The van der Waals surface area contributed by atoms with E-state index in [0.29, 0.717) is 0 Å². The predicted octanol–water partition coefficient (Wildman–Crippen LogP) is 4.93. The number of aryl methyl sites for hydroxylation is 1. The summed E-state index contributed by atoms with van der Waals surface area (Å²) in [5.74, 6) is 1.03. The molecule has 0 bridgehead atoms. The minimum atomic E-state index is 0.720. The van der Waals surface area contributed by atoms with E-state index in [4.69, 9.17) is 4.74 Å². The summed E-state index contributed by atoms with van der Waals surface area (Å²) in [6.45, 7) is 7.17. The average molecular weight is 287 g/mol. The van der Waals surface area contributed by atoms with Gasteiger partial charge in [0.1, 0.15) is 5.75 Å². The van der Waals surface area contributed by atoms with Crippen LogP contribution in [-0.4, -0.2) is 18.1 Å². The number of rotatable bonds is 10. The van der Waals surface area contributed by atoms with Gasteiger partial charge < -0.3 is 9.64 Å². The molecule has 2 rings (SSSR count). The molecule has 0 unspecified atom stereocenters. The molecule has 2 heteroatoms. The number of nitrogens with zero attached hydrogens (tertiary/aromatic N) is 1. The number of unbranched alkanes of at least 4 members (excludes halogenated alkanes) is 3. The standard InChI is InChI=1S/C19H29NO/c1-4-6-7-8-9-17-14-16(10-13-19(17)21-3)15-20(5-2)18-11-12-18/h5,10,13-14,18H,2,4,6-9,11-12,15H2,1,3H3. The molecule has 21 heavy (non-hydrogen) atoms. The molecule has 2 nitrogen and oxygen atoms in total. The molecule has 116 valence electrons. The van der Waals surface area contributed by atoms with Crippen molar-refractivity contribution in [2.24, 2.45) is 0 Å². The second-order valence-electron chi connectivity index (χ2n) is 6.04. The summed E-state index contributed by atoms with van der Waals surface area (Å²) in [5.41, 5.74) is 2.72. The summed E-state index contributed by atoms with van der Waals surface area (Å²) in [6, 6.07) is 7.35. The van der Waals surface area contributed by atoms with Crippen molar-refractivity contribution in [1.29, 1.82) is 0 Å². The molecule has 1 aliphatic rings. The third-order valence-corrected chi connectivity index (χ3v) is 4.26. The van der Waals surface area contributed by atoms with Crippen LogP contribution >= 0.6 is 0 Å². The Labute approximate surface area is 129 Å². The molecule has 1 fully saturated rings. The minimum absolute atomic E-state index is 0.720. The number of benzene rings is 1. The first-order valence-electron chi connectivity index (χ1n) is 8.32. The largest absolute Gasteiger partial charge is 0.496 e. The molecule has 1 aliphatic carbocycles. The van der Waals surface area contributed by atoms with Gasteiger partial charge in [-0.15, -0.1) is 0 Å². The second-order valence-corrected chi connectivity index (χ2v) is 6.04. The van der Waals surface area contributed by atoms with Gasteiger partial charge in [-0.3, -0.25) is 0 Å². The Balaban J connectivity index is 1.99. The molecule has 1 aromatic carbocycles. The van der Waals surface area contributed by atoms with Crippen LogP contribution in [0.4, 0.5) is 0 Å². The van der Waals surface area contributed by atoms with E-state index in [1.54, 1.807) is 7.11 Å². The van der Waals surface area contributed by atoms with Gasteiger partial charge in [-0.25, -0.2) is 0 Å². The van der Waals surface area contributed by atoms with Gasteiger partial charge >= 0.3 is 0 Å². The molecular weight excluding hydrogens is 258 g/mol. The first-order chi connectivity index (χ1) is 10.3. The predicted molar refractivity (Wildman–Crippen MR) is 89.6 cm³/mol. The van der Waals surface area contributed by atoms with Gasteiger partial charge in [0, 0.05) is 12.6 Å². The summed E-state index contributed by atoms with van der Waals surface area (Å²) in [4.78, 5) is 2.36. The van der Waals surface area contributed by atoms with Gasteiger partial charge in [-0.05, 0) is 49.1 Å². The van der Waals surface area contributed by atoms with E-state index in [2.05, 4.69) is 36.6 Å². The van der Waals surface area contributed by atoms with Crippen LogP contribution < -0.4 is 4.74 Å². The topological polar surface area (TPSA) is 12.5 Å². The lowest BCUT2D eigenvalue weighted by molar-refractivity contribution is 0.359. The Kier molecular flexibility index (Phi) is 6.16. The van der Waals surface area contributed by atoms with Crippen molar-refractivity contribution >= 4 is 0 Å². The van der Waals surface area contributed by atoms with Crippen molar-refractivity contribution in [3.8, 4) is 5.75 Å². The molecule has 0 saturated heterocycles. The maximum absolute atomic E-state index is 5.51. The van der Waals surface area contributed by atoms with Crippen molar-refractivity contribution in [2.75, 3.05) is 7.11 Å². The zero-order valence-corrected chi connectivity index (χ0v) is 13.6. The highest BCUT2D eigenvalue weighted by Crippen LogP contribution is 2.29. The fourth-order valence-corrected chi connectivity index (χ4v) is 2.83. The van der Waals surface area contributed by atoms with E-state index in [1.165, 1.54) is 49.7 Å². The first kappa shape index (κ1) is 15.9. The lowest BCUT2D eigenvalue weighted by Crippen LogP contribution is -2.18. The maximum Gasteiger partial charge on any atom is 0.122 e. The highest BCUT2D eigenvalue weighted by Gasteiger charge is 2.26. The van der Waals surface area contributed by atoms with Crippen molar-refractivity contribution < 1.29 is 4.74 Å². The van der Waals surface area contributed by atoms with Crippen molar-refractivity contribution in [3.63, 3.8) is 0 Å². The quantitative estimate of drug-likeness (QED) is 0.566. The Morgan fingerprint density at radius 1 is 1.29 bits per heavy atom. The fourth-order valence-electron chi connectivity index (χ4n) is 2.83. The van der Waals surface area contributed by atoms with Crippen molar-refractivity contribution in [3.05, 3.63) is 42.1 Å². The van der Waals surface area contributed by atoms with E-state index in [0.717, 1.165) is 24.8 Å². The van der Waals surface area contributed by atoms with Crippen molar-refractivity contribution in [2.45, 2.75) is 64.5 Å². The zero-order valence-electron chi connectivity index (χ0n) is 13.6. The molecule has 0 radical (unpaired) electrons. The van der Waals surface area contributed by atoms with Crippen LogP contribution in [0.25, 0.3) is 0 Å². The molecule has 1 saturated carbocycles. The number of hydrogen-bond acceptors (Lipinski definition) is 2. The van der Waals surface area contributed by atoms with Crippen LogP contribution in [0.1, 0.15) is 56.6 Å². The van der Waals surface area contributed by atoms with E-state index in [1.807, 2.05) is 6.20 Å². The molecule has 0 N–H and O–H groups in total. The Morgan fingerprint density at radius 2 is 2.10 bits per heavy atom. The van der Waals surface area contributed by atoms with Crippen LogP contribution in [0.5, 0.6) is 5.75 Å². The number of hydrogen-bond donors (Lipinski definition) is 0.